The molecule has 1 nitrogen and oxygen atoms in total. The maximum absolute atomic E-state index is 4.65. The van der Waals surface area contributed by atoms with Gasteiger partial charge < -0.3 is 4.57 Å². The second-order valence-electron chi connectivity index (χ2n) is 12.3. The van der Waals surface area contributed by atoms with Crippen molar-refractivity contribution in [2.45, 2.75) is 56.8 Å². The van der Waals surface area contributed by atoms with Crippen molar-refractivity contribution in [3.63, 3.8) is 0 Å². The Kier molecular flexibility index (Phi) is 8.37. The highest BCUT2D eigenvalue weighted by Crippen LogP contribution is 2.38. The highest BCUT2D eigenvalue weighted by molar-refractivity contribution is 14.1. The molecule has 1 aliphatic rings. The molecule has 0 radical (unpaired) electrons. The lowest BCUT2D eigenvalue weighted by molar-refractivity contribution is 0.590. The summed E-state index contributed by atoms with van der Waals surface area (Å²) >= 11 is 2.63. The molecule has 1 aromatic heterocycles. The molecule has 204 valence electrons. The van der Waals surface area contributed by atoms with Crippen LogP contribution in [0.4, 0.5) is 0 Å². The number of allylic oxidation sites excluding steroid dienone is 5. The van der Waals surface area contributed by atoms with Gasteiger partial charge in [0.2, 0.25) is 0 Å². The van der Waals surface area contributed by atoms with Gasteiger partial charge in [0.15, 0.2) is 0 Å². The average molecular weight is 638 g/mol. The Morgan fingerprint density at radius 1 is 0.875 bits per heavy atom. The number of benzene rings is 3. The topological polar surface area (TPSA) is 4.93 Å². The third kappa shape index (κ3) is 6.12. The van der Waals surface area contributed by atoms with E-state index in [0.29, 0.717) is 9.84 Å². The molecule has 4 aromatic rings. The summed E-state index contributed by atoms with van der Waals surface area (Å²) in [5.41, 5.74) is 12.9. The minimum Gasteiger partial charge on any atom is -0.320 e. The Hall–Kier alpha value is -3.11. The first-order valence-corrected chi connectivity index (χ1v) is 15.6. The molecule has 40 heavy (non-hydrogen) atoms. The molecular formula is C38H40IN. The van der Waals surface area contributed by atoms with Crippen LogP contribution in [0.5, 0.6) is 0 Å². The molecule has 0 aliphatic heterocycles. The largest absolute Gasteiger partial charge is 0.320 e. The summed E-state index contributed by atoms with van der Waals surface area (Å²) < 4.78 is 2.81. The molecule has 0 fully saturated rings. The number of alkyl halides is 1. The van der Waals surface area contributed by atoms with Crippen molar-refractivity contribution >= 4 is 33.9 Å². The van der Waals surface area contributed by atoms with Crippen LogP contribution in [0.15, 0.2) is 115 Å². The second-order valence-corrected chi connectivity index (χ2v) is 13.8. The Bertz CT molecular complexity index is 1570. The predicted octanol–water partition coefficient (Wildman–Crippen LogP) is 11.0. The summed E-state index contributed by atoms with van der Waals surface area (Å²) in [6, 6.07) is 30.7. The van der Waals surface area contributed by atoms with Gasteiger partial charge in [-0.3, -0.25) is 0 Å². The van der Waals surface area contributed by atoms with Gasteiger partial charge in [0, 0.05) is 22.2 Å². The van der Waals surface area contributed by atoms with Crippen molar-refractivity contribution in [2.24, 2.45) is 5.92 Å². The fourth-order valence-electron chi connectivity index (χ4n) is 5.48. The summed E-state index contributed by atoms with van der Waals surface area (Å²) in [5.74, 6) is 0.592. The highest BCUT2D eigenvalue weighted by atomic mass is 127. The van der Waals surface area contributed by atoms with E-state index in [1.807, 2.05) is 0 Å². The molecule has 0 saturated heterocycles. The van der Waals surface area contributed by atoms with E-state index in [9.17, 15) is 0 Å². The molecule has 1 unspecified atom stereocenters. The van der Waals surface area contributed by atoms with E-state index in [-0.39, 0.29) is 5.41 Å². The van der Waals surface area contributed by atoms with Gasteiger partial charge in [0.1, 0.15) is 0 Å². The van der Waals surface area contributed by atoms with E-state index in [4.69, 9.17) is 0 Å². The van der Waals surface area contributed by atoms with Crippen molar-refractivity contribution in [2.75, 3.05) is 0 Å². The monoisotopic (exact) mass is 637 g/mol. The first kappa shape index (κ1) is 28.4. The first-order valence-electron chi connectivity index (χ1n) is 14.3. The smallest absolute Gasteiger partial charge is 0.0528 e. The minimum atomic E-state index is 0.0387. The molecule has 5 rings (SSSR count). The first-order chi connectivity index (χ1) is 19.1. The van der Waals surface area contributed by atoms with Crippen molar-refractivity contribution in [3.8, 4) is 22.4 Å². The molecule has 0 bridgehead atoms. The SMILES string of the molecule is C=C(Cc1ccccc1C1=CC=C(C(C)C)CC1I)n1cc(C(C)(C)C)cc1-c1cccc(-c2ccccc2)c1. The highest BCUT2D eigenvalue weighted by Gasteiger charge is 2.23. The van der Waals surface area contributed by atoms with Crippen LogP contribution in [0.2, 0.25) is 0 Å². The van der Waals surface area contributed by atoms with E-state index in [0.717, 1.165) is 18.5 Å². The maximum Gasteiger partial charge on any atom is 0.0528 e. The molecule has 1 aliphatic carbocycles. The van der Waals surface area contributed by atoms with Crippen LogP contribution in [0.1, 0.15) is 57.7 Å². The van der Waals surface area contributed by atoms with Crippen LogP contribution < -0.4 is 0 Å². The van der Waals surface area contributed by atoms with Gasteiger partial charge in [-0.05, 0) is 68.8 Å². The van der Waals surface area contributed by atoms with E-state index >= 15 is 0 Å². The molecule has 0 saturated carbocycles. The summed E-state index contributed by atoms with van der Waals surface area (Å²) in [5, 5.41) is 0. The van der Waals surface area contributed by atoms with Crippen LogP contribution in [-0.2, 0) is 11.8 Å². The maximum atomic E-state index is 4.65. The number of nitrogens with zero attached hydrogens (tertiary/aromatic N) is 1. The van der Waals surface area contributed by atoms with Crippen LogP contribution in [0.25, 0.3) is 33.7 Å². The number of hydrogen-bond donors (Lipinski definition) is 0. The molecule has 2 heteroatoms. The fourth-order valence-corrected chi connectivity index (χ4v) is 6.53. The Morgan fingerprint density at radius 3 is 2.25 bits per heavy atom. The van der Waals surface area contributed by atoms with Crippen molar-refractivity contribution in [1.82, 2.24) is 4.57 Å². The zero-order chi connectivity index (χ0) is 28.4. The zero-order valence-electron chi connectivity index (χ0n) is 24.4. The van der Waals surface area contributed by atoms with E-state index in [1.54, 1.807) is 0 Å². The molecule has 1 heterocycles. The van der Waals surface area contributed by atoms with Gasteiger partial charge in [-0.2, -0.15) is 0 Å². The molecule has 0 N–H and O–H groups in total. The molecular weight excluding hydrogens is 597 g/mol. The lowest BCUT2D eigenvalue weighted by Gasteiger charge is -2.25. The van der Waals surface area contributed by atoms with Crippen LogP contribution in [0, 0.1) is 5.92 Å². The summed E-state index contributed by atoms with van der Waals surface area (Å²) in [4.78, 5) is 0. The van der Waals surface area contributed by atoms with Crippen LogP contribution >= 0.6 is 22.6 Å². The van der Waals surface area contributed by atoms with Crippen molar-refractivity contribution in [1.29, 1.82) is 0 Å². The summed E-state index contributed by atoms with van der Waals surface area (Å²) in [6.45, 7) is 16.1. The van der Waals surface area contributed by atoms with E-state index in [2.05, 4.69) is 172 Å². The van der Waals surface area contributed by atoms with Gasteiger partial charge in [-0.1, -0.05) is 154 Å². The van der Waals surface area contributed by atoms with Gasteiger partial charge in [-0.25, -0.2) is 0 Å². The van der Waals surface area contributed by atoms with Gasteiger partial charge in [-0.15, -0.1) is 0 Å². The predicted molar refractivity (Wildman–Crippen MR) is 183 cm³/mol. The quantitative estimate of drug-likeness (QED) is 0.140. The third-order valence-corrected chi connectivity index (χ3v) is 9.10. The number of hydrogen-bond acceptors (Lipinski definition) is 0. The number of halogens is 1. The van der Waals surface area contributed by atoms with E-state index in [1.165, 1.54) is 50.2 Å². The number of aromatic nitrogens is 1. The summed E-state index contributed by atoms with van der Waals surface area (Å²) in [6.07, 6.45) is 8.91. The van der Waals surface area contributed by atoms with Crippen molar-refractivity contribution < 1.29 is 0 Å². The molecule has 0 spiro atoms. The Morgan fingerprint density at radius 2 is 1.55 bits per heavy atom. The van der Waals surface area contributed by atoms with Gasteiger partial charge in [0.25, 0.3) is 0 Å². The minimum absolute atomic E-state index is 0.0387. The van der Waals surface area contributed by atoms with Crippen molar-refractivity contribution in [3.05, 3.63) is 132 Å². The lowest BCUT2D eigenvalue weighted by atomic mass is 9.86. The second kappa shape index (κ2) is 11.8. The van der Waals surface area contributed by atoms with E-state index < -0.39 is 0 Å². The van der Waals surface area contributed by atoms with Crippen LogP contribution in [-0.4, -0.2) is 8.49 Å². The summed E-state index contributed by atoms with van der Waals surface area (Å²) in [7, 11) is 0. The fraction of sp³-hybridized carbons (Fsp3) is 0.263. The Labute approximate surface area is 254 Å². The lowest BCUT2D eigenvalue weighted by Crippen LogP contribution is -2.12. The Balaban J connectivity index is 1.53. The molecule has 3 aromatic carbocycles. The average Bonchev–Trinajstić information content (AvgIpc) is 3.41. The van der Waals surface area contributed by atoms with Crippen LogP contribution in [0.3, 0.4) is 0 Å². The standard InChI is InChI=1S/C38H40IN/c1-26(2)29-19-20-35(36(39)23-29)34-18-11-10-15-31(34)21-27(3)40-25-33(38(4,5)6)24-37(40)32-17-12-16-30(22-32)28-13-8-7-9-14-28/h7-20,22,24-26,36H,3,21,23H2,1-2,4-6H3. The number of rotatable bonds is 7. The zero-order valence-corrected chi connectivity index (χ0v) is 26.6. The van der Waals surface area contributed by atoms with Gasteiger partial charge in [0.05, 0.1) is 5.69 Å². The molecule has 1 atom stereocenters. The normalized spacial score (nSPS) is 15.6. The van der Waals surface area contributed by atoms with Gasteiger partial charge >= 0.3 is 0 Å². The third-order valence-electron chi connectivity index (χ3n) is 7.99. The molecule has 0 amide bonds.